The molecule has 3 rings (SSSR count). The Bertz CT molecular complexity index is 454. The highest BCUT2D eigenvalue weighted by Crippen LogP contribution is 2.58. The predicted molar refractivity (Wildman–Crippen MR) is 84.1 cm³/mol. The highest BCUT2D eigenvalue weighted by molar-refractivity contribution is 5.31. The molecule has 110 valence electrons. The lowest BCUT2D eigenvalue weighted by Gasteiger charge is -2.32. The van der Waals surface area contributed by atoms with Crippen LogP contribution >= 0.6 is 0 Å². The van der Waals surface area contributed by atoms with Gasteiger partial charge in [-0.2, -0.15) is 0 Å². The lowest BCUT2D eigenvalue weighted by Crippen LogP contribution is -2.24. The average Bonchev–Trinajstić information content (AvgIpc) is 2.98. The second kappa shape index (κ2) is 5.09. The first kappa shape index (κ1) is 14.0. The van der Waals surface area contributed by atoms with Crippen LogP contribution in [-0.2, 0) is 0 Å². The molecule has 1 aromatic carbocycles. The lowest BCUT2D eigenvalue weighted by atomic mass is 9.73. The number of hydrogen-bond donors (Lipinski definition) is 0. The quantitative estimate of drug-likeness (QED) is 0.713. The van der Waals surface area contributed by atoms with Crippen molar-refractivity contribution in [3.05, 3.63) is 29.8 Å². The number of rotatable bonds is 2. The molecule has 0 aromatic heterocycles. The topological polar surface area (TPSA) is 9.23 Å². The van der Waals surface area contributed by atoms with Crippen LogP contribution in [0.25, 0.3) is 0 Å². The highest BCUT2D eigenvalue weighted by atomic mass is 16.5. The number of benzene rings is 1. The third-order valence-corrected chi connectivity index (χ3v) is 5.86. The molecule has 4 unspecified atom stereocenters. The summed E-state index contributed by atoms with van der Waals surface area (Å²) < 4.78 is 5.28. The molecule has 0 spiro atoms. The van der Waals surface area contributed by atoms with Gasteiger partial charge >= 0.3 is 0 Å². The van der Waals surface area contributed by atoms with Gasteiger partial charge in [0.25, 0.3) is 0 Å². The molecule has 1 heteroatoms. The second-order valence-electron chi connectivity index (χ2n) is 7.83. The predicted octanol–water partition coefficient (Wildman–Crippen LogP) is 5.26. The summed E-state index contributed by atoms with van der Waals surface area (Å²) in [6.45, 7) is 7.29. The van der Waals surface area contributed by atoms with Gasteiger partial charge < -0.3 is 4.74 Å². The Morgan fingerprint density at radius 3 is 2.15 bits per heavy atom. The van der Waals surface area contributed by atoms with E-state index in [-0.39, 0.29) is 0 Å². The normalized spacial score (nSPS) is 33.2. The molecule has 2 aliphatic rings. The fourth-order valence-electron chi connectivity index (χ4n) is 4.94. The van der Waals surface area contributed by atoms with Crippen molar-refractivity contribution in [1.82, 2.24) is 0 Å². The van der Waals surface area contributed by atoms with Crippen molar-refractivity contribution in [3.8, 4) is 5.75 Å². The molecule has 1 nitrogen and oxygen atoms in total. The van der Waals surface area contributed by atoms with E-state index < -0.39 is 0 Å². The maximum absolute atomic E-state index is 5.28. The summed E-state index contributed by atoms with van der Waals surface area (Å²) in [5.41, 5.74) is 2.02. The van der Waals surface area contributed by atoms with Gasteiger partial charge in [-0.05, 0) is 72.5 Å². The van der Waals surface area contributed by atoms with Gasteiger partial charge in [-0.1, -0.05) is 32.9 Å². The summed E-state index contributed by atoms with van der Waals surface area (Å²) in [5.74, 6) is 4.58. The summed E-state index contributed by atoms with van der Waals surface area (Å²) in [6, 6.07) is 8.82. The van der Waals surface area contributed by atoms with Crippen molar-refractivity contribution < 1.29 is 4.74 Å². The van der Waals surface area contributed by atoms with Crippen LogP contribution in [0.4, 0.5) is 0 Å². The van der Waals surface area contributed by atoms with Crippen molar-refractivity contribution in [1.29, 1.82) is 0 Å². The molecule has 0 heterocycles. The molecule has 4 atom stereocenters. The van der Waals surface area contributed by atoms with Crippen molar-refractivity contribution in [2.24, 2.45) is 23.2 Å². The van der Waals surface area contributed by atoms with Crippen molar-refractivity contribution in [2.75, 3.05) is 7.11 Å². The summed E-state index contributed by atoms with van der Waals surface area (Å²) in [4.78, 5) is 0. The third-order valence-electron chi connectivity index (χ3n) is 5.86. The molecule has 0 radical (unpaired) electrons. The number of ether oxygens (including phenoxy) is 1. The smallest absolute Gasteiger partial charge is 0.118 e. The fourth-order valence-corrected chi connectivity index (χ4v) is 4.94. The third kappa shape index (κ3) is 2.36. The van der Waals surface area contributed by atoms with Crippen molar-refractivity contribution >= 4 is 0 Å². The highest BCUT2D eigenvalue weighted by Gasteiger charge is 2.48. The van der Waals surface area contributed by atoms with Crippen molar-refractivity contribution in [2.45, 2.75) is 52.4 Å². The van der Waals surface area contributed by atoms with Crippen LogP contribution in [0.1, 0.15) is 57.9 Å². The molecule has 0 aliphatic heterocycles. The Balaban J connectivity index is 1.78. The van der Waals surface area contributed by atoms with Gasteiger partial charge in [-0.3, -0.25) is 0 Å². The van der Waals surface area contributed by atoms with Gasteiger partial charge in [-0.15, -0.1) is 0 Å². The fraction of sp³-hybridized carbons (Fsp3) is 0.684. The molecule has 0 N–H and O–H groups in total. The van der Waals surface area contributed by atoms with Crippen LogP contribution in [0, 0.1) is 23.2 Å². The monoisotopic (exact) mass is 272 g/mol. The summed E-state index contributed by atoms with van der Waals surface area (Å²) in [6.07, 6.45) is 5.69. The van der Waals surface area contributed by atoms with Gasteiger partial charge in [0.1, 0.15) is 5.75 Å². The maximum atomic E-state index is 5.28. The standard InChI is InChI=1S/C19H28O/c1-19(2,3)18-12-11-16-15(9-10-17(16)18)13-5-7-14(20-4)8-6-13/h5-8,15-18H,9-12H2,1-4H3. The van der Waals surface area contributed by atoms with E-state index in [1.54, 1.807) is 7.11 Å². The summed E-state index contributed by atoms with van der Waals surface area (Å²) >= 11 is 0. The molecule has 2 fully saturated rings. The van der Waals surface area contributed by atoms with Gasteiger partial charge in [-0.25, -0.2) is 0 Å². The summed E-state index contributed by atoms with van der Waals surface area (Å²) in [5, 5.41) is 0. The minimum Gasteiger partial charge on any atom is -0.497 e. The van der Waals surface area contributed by atoms with E-state index >= 15 is 0 Å². The van der Waals surface area contributed by atoms with E-state index in [9.17, 15) is 0 Å². The van der Waals surface area contributed by atoms with E-state index in [1.807, 2.05) is 0 Å². The molecule has 0 amide bonds. The molecular formula is C19H28O. The molecule has 2 aliphatic carbocycles. The largest absolute Gasteiger partial charge is 0.497 e. The number of hydrogen-bond acceptors (Lipinski definition) is 1. The first-order chi connectivity index (χ1) is 9.50. The van der Waals surface area contributed by atoms with Crippen LogP contribution in [0.15, 0.2) is 24.3 Å². The van der Waals surface area contributed by atoms with Crippen molar-refractivity contribution in [3.63, 3.8) is 0 Å². The average molecular weight is 272 g/mol. The van der Waals surface area contributed by atoms with E-state index in [0.717, 1.165) is 29.4 Å². The second-order valence-corrected chi connectivity index (χ2v) is 7.83. The minimum atomic E-state index is 0.480. The summed E-state index contributed by atoms with van der Waals surface area (Å²) in [7, 11) is 1.74. The maximum Gasteiger partial charge on any atom is 0.118 e. The van der Waals surface area contributed by atoms with Gasteiger partial charge in [0, 0.05) is 0 Å². The zero-order chi connectivity index (χ0) is 14.3. The van der Waals surface area contributed by atoms with E-state index in [1.165, 1.54) is 31.2 Å². The molecule has 1 aromatic rings. The van der Waals surface area contributed by atoms with Gasteiger partial charge in [0.2, 0.25) is 0 Å². The Hall–Kier alpha value is -0.980. The minimum absolute atomic E-state index is 0.480. The van der Waals surface area contributed by atoms with E-state index in [0.29, 0.717) is 5.41 Å². The zero-order valence-corrected chi connectivity index (χ0v) is 13.4. The van der Waals surface area contributed by atoms with Crippen LogP contribution in [0.5, 0.6) is 5.75 Å². The van der Waals surface area contributed by atoms with Crippen LogP contribution in [-0.4, -0.2) is 7.11 Å². The Labute approximate surface area is 123 Å². The zero-order valence-electron chi connectivity index (χ0n) is 13.4. The van der Waals surface area contributed by atoms with Crippen LogP contribution in [0.2, 0.25) is 0 Å². The molecular weight excluding hydrogens is 244 g/mol. The first-order valence-corrected chi connectivity index (χ1v) is 8.14. The van der Waals surface area contributed by atoms with Crippen LogP contribution < -0.4 is 4.74 Å². The molecule has 0 saturated heterocycles. The first-order valence-electron chi connectivity index (χ1n) is 8.14. The lowest BCUT2D eigenvalue weighted by molar-refractivity contribution is 0.175. The molecule has 2 saturated carbocycles. The van der Waals surface area contributed by atoms with E-state index in [2.05, 4.69) is 45.0 Å². The molecule has 20 heavy (non-hydrogen) atoms. The Kier molecular flexibility index (Phi) is 3.56. The number of fused-ring (bicyclic) bond motifs is 1. The van der Waals surface area contributed by atoms with E-state index in [4.69, 9.17) is 4.74 Å². The van der Waals surface area contributed by atoms with Crippen LogP contribution in [0.3, 0.4) is 0 Å². The number of methoxy groups -OCH3 is 1. The van der Waals surface area contributed by atoms with Gasteiger partial charge in [0.15, 0.2) is 0 Å². The Morgan fingerprint density at radius 2 is 1.55 bits per heavy atom. The molecule has 0 bridgehead atoms. The van der Waals surface area contributed by atoms with Gasteiger partial charge in [0.05, 0.1) is 7.11 Å². The Morgan fingerprint density at radius 1 is 0.900 bits per heavy atom. The SMILES string of the molecule is COc1ccc(C2CCC3C2CCC3C(C)(C)C)cc1.